The van der Waals surface area contributed by atoms with Gasteiger partial charge in [-0.05, 0) is 0 Å². The van der Waals surface area contributed by atoms with Gasteiger partial charge in [-0.15, -0.1) is 0 Å². The van der Waals surface area contributed by atoms with Crippen LogP contribution in [0.1, 0.15) is 84.6 Å². The Morgan fingerprint density at radius 3 is 2.00 bits per heavy atom. The second-order valence-electron chi connectivity index (χ2n) is 21.4. The standard InChI is InChI=1S/C57H53BN3Se/c1-32-16-14-19-39-38-17-12-13-20-44(38)61-53-37(18-15-21-46(53)59(11)54(61)50(32)39)33-26-47-51-49(27-33)62-48-25-23-35(56(5,6)7)30-42(48)58(51)43-31-36(57(8,9)10)29-41-40-28-34(55(2,3)4)22-24-45(40)60(47)52(41)43/h12-31H,1-11H3/q+1. The van der Waals surface area contributed by atoms with E-state index in [1.54, 1.807) is 0 Å². The van der Waals surface area contributed by atoms with Gasteiger partial charge in [0.2, 0.25) is 0 Å². The molecule has 0 radical (unpaired) electrons. The number of aryl methyl sites for hydroxylation is 2. The van der Waals surface area contributed by atoms with Crippen LogP contribution in [0.25, 0.3) is 77.0 Å². The average molecular weight is 870 g/mol. The van der Waals surface area contributed by atoms with Crippen molar-refractivity contribution in [1.82, 2.24) is 8.97 Å². The first kappa shape index (κ1) is 38.1. The maximum absolute atomic E-state index is 2.68. The van der Waals surface area contributed by atoms with Crippen molar-refractivity contribution in [2.75, 3.05) is 0 Å². The molecule has 62 heavy (non-hydrogen) atoms. The van der Waals surface area contributed by atoms with Crippen LogP contribution in [0.3, 0.4) is 0 Å². The van der Waals surface area contributed by atoms with Gasteiger partial charge in [0, 0.05) is 0 Å². The quantitative estimate of drug-likeness (QED) is 0.0887. The first-order valence-electron chi connectivity index (χ1n) is 22.4. The van der Waals surface area contributed by atoms with Crippen LogP contribution >= 0.6 is 0 Å². The number of pyridine rings is 1. The molecule has 0 atom stereocenters. The Morgan fingerprint density at radius 2 is 1.23 bits per heavy atom. The number of para-hydroxylation sites is 2. The Labute approximate surface area is 371 Å². The van der Waals surface area contributed by atoms with E-state index in [1.807, 2.05) is 0 Å². The van der Waals surface area contributed by atoms with Crippen molar-refractivity contribution >= 4 is 107 Å². The Balaban J connectivity index is 1.24. The molecule has 0 bridgehead atoms. The van der Waals surface area contributed by atoms with Crippen LogP contribution in [0, 0.1) is 6.92 Å². The first-order chi connectivity index (χ1) is 29.5. The van der Waals surface area contributed by atoms with Gasteiger partial charge in [0.05, 0.1) is 0 Å². The van der Waals surface area contributed by atoms with Crippen molar-refractivity contribution in [2.24, 2.45) is 7.05 Å². The molecule has 0 fully saturated rings. The zero-order chi connectivity index (χ0) is 42.9. The van der Waals surface area contributed by atoms with Crippen molar-refractivity contribution in [2.45, 2.75) is 85.5 Å². The van der Waals surface area contributed by atoms with Crippen LogP contribution in [0.5, 0.6) is 0 Å². The average Bonchev–Trinajstić information content (AvgIpc) is 3.73. The van der Waals surface area contributed by atoms with Crippen molar-refractivity contribution in [3.05, 3.63) is 144 Å². The zero-order valence-electron chi connectivity index (χ0n) is 37.9. The summed E-state index contributed by atoms with van der Waals surface area (Å²) in [6.45, 7) is 23.6. The number of imidazole rings is 1. The fourth-order valence-electron chi connectivity index (χ4n) is 11.0. The van der Waals surface area contributed by atoms with Crippen molar-refractivity contribution in [3.63, 3.8) is 0 Å². The number of benzene rings is 7. The van der Waals surface area contributed by atoms with Gasteiger partial charge in [0.25, 0.3) is 0 Å². The Morgan fingerprint density at radius 1 is 0.548 bits per heavy atom. The predicted octanol–water partition coefficient (Wildman–Crippen LogP) is 9.99. The van der Waals surface area contributed by atoms with Crippen molar-refractivity contribution < 1.29 is 4.57 Å². The molecule has 2 aliphatic heterocycles. The Hall–Kier alpha value is -5.61. The molecule has 0 spiro atoms. The molecular formula is C57H53BN3Se+. The fourth-order valence-corrected chi connectivity index (χ4v) is 13.5. The monoisotopic (exact) mass is 870 g/mol. The number of aromatic nitrogens is 3. The first-order valence-corrected chi connectivity index (χ1v) is 24.1. The summed E-state index contributed by atoms with van der Waals surface area (Å²) < 4.78 is 10.7. The van der Waals surface area contributed by atoms with Crippen LogP contribution in [0.15, 0.2) is 121 Å². The van der Waals surface area contributed by atoms with Crippen LogP contribution in [-0.2, 0) is 23.3 Å². The number of hydrogen-bond donors (Lipinski definition) is 0. The molecule has 0 N–H and O–H groups in total. The zero-order valence-corrected chi connectivity index (χ0v) is 39.6. The van der Waals surface area contributed by atoms with E-state index >= 15 is 0 Å². The fraction of sp³-hybridized carbons (Fsp3) is 0.246. The molecule has 12 rings (SSSR count). The van der Waals surface area contributed by atoms with Gasteiger partial charge in [-0.3, -0.25) is 0 Å². The van der Waals surface area contributed by atoms with Gasteiger partial charge in [-0.2, -0.15) is 0 Å². The van der Waals surface area contributed by atoms with Gasteiger partial charge >= 0.3 is 374 Å². The molecular weight excluding hydrogens is 816 g/mol. The molecule has 0 saturated carbocycles. The van der Waals surface area contributed by atoms with E-state index in [-0.39, 0.29) is 37.9 Å². The summed E-state index contributed by atoms with van der Waals surface area (Å²) in [5.74, 6) is 0. The number of nitrogens with zero attached hydrogens (tertiary/aromatic N) is 3. The molecule has 0 amide bonds. The van der Waals surface area contributed by atoms with Gasteiger partial charge < -0.3 is 0 Å². The second-order valence-corrected chi connectivity index (χ2v) is 23.7. The molecule has 0 aliphatic carbocycles. The third-order valence-electron chi connectivity index (χ3n) is 14.4. The van der Waals surface area contributed by atoms with Gasteiger partial charge in [0.15, 0.2) is 0 Å². The molecule has 7 aromatic carbocycles. The molecule has 3 nitrogen and oxygen atoms in total. The van der Waals surface area contributed by atoms with Crippen LogP contribution in [0.4, 0.5) is 0 Å². The summed E-state index contributed by atoms with van der Waals surface area (Å²) >= 11 is 0.114. The maximum atomic E-state index is 2.68. The predicted molar refractivity (Wildman–Crippen MR) is 268 cm³/mol. The number of rotatable bonds is 1. The minimum atomic E-state index is -0.00868. The normalized spacial score (nSPS) is 14.0. The summed E-state index contributed by atoms with van der Waals surface area (Å²) in [7, 11) is 2.26. The number of hydrogen-bond acceptors (Lipinski definition) is 0. The van der Waals surface area contributed by atoms with E-state index in [2.05, 4.69) is 211 Å². The van der Waals surface area contributed by atoms with Gasteiger partial charge in [-0.1, -0.05) is 0 Å². The molecule has 0 saturated heterocycles. The number of fused-ring (bicyclic) bond motifs is 15. The Kier molecular flexibility index (Phi) is 7.70. The molecule has 5 heteroatoms. The molecule has 3 aromatic heterocycles. The third-order valence-corrected chi connectivity index (χ3v) is 16.8. The SMILES string of the molecule is Cc1cccc2c3ccccc3n3c4c(-c5cc6c7c(c5)-n5c8ccc(C(C)(C)C)cc8c8cc(C(C)(C)C)cc(c85)B7c5cc(C(C)(C)C)ccc5[Se]6)cccc4[n+](C)c3c12. The Bertz CT molecular complexity index is 3640. The van der Waals surface area contributed by atoms with Crippen LogP contribution in [0.2, 0.25) is 0 Å². The topological polar surface area (TPSA) is 13.2 Å². The third kappa shape index (κ3) is 5.16. The van der Waals surface area contributed by atoms with E-state index in [1.165, 1.54) is 125 Å². The molecule has 304 valence electrons. The summed E-state index contributed by atoms with van der Waals surface area (Å²) in [6, 6.07) is 47.8. The molecule has 0 unspecified atom stereocenters. The van der Waals surface area contributed by atoms with Gasteiger partial charge in [0.1, 0.15) is 0 Å². The van der Waals surface area contributed by atoms with Crippen molar-refractivity contribution in [3.8, 4) is 16.8 Å². The van der Waals surface area contributed by atoms with E-state index in [0.29, 0.717) is 0 Å². The summed E-state index contributed by atoms with van der Waals surface area (Å²) in [5, 5.41) is 6.63. The van der Waals surface area contributed by atoms with E-state index in [0.717, 1.165) is 0 Å². The molecule has 5 heterocycles. The van der Waals surface area contributed by atoms with E-state index in [9.17, 15) is 0 Å². The second kappa shape index (κ2) is 12.5. The molecule has 10 aromatic rings. The molecule has 2 aliphatic rings. The van der Waals surface area contributed by atoms with Gasteiger partial charge in [-0.25, -0.2) is 0 Å². The summed E-state index contributed by atoms with van der Waals surface area (Å²) in [5.41, 5.74) is 21.5. The van der Waals surface area contributed by atoms with E-state index < -0.39 is 0 Å². The van der Waals surface area contributed by atoms with Crippen molar-refractivity contribution in [1.29, 1.82) is 0 Å². The van der Waals surface area contributed by atoms with E-state index in [4.69, 9.17) is 0 Å². The summed E-state index contributed by atoms with van der Waals surface area (Å²) in [4.78, 5) is 0. The van der Waals surface area contributed by atoms with Crippen LogP contribution < -0.4 is 29.9 Å². The summed E-state index contributed by atoms with van der Waals surface area (Å²) in [6.07, 6.45) is 0. The minimum absolute atomic E-state index is 0.00868. The van der Waals surface area contributed by atoms with Crippen LogP contribution in [-0.4, -0.2) is 30.6 Å².